The van der Waals surface area contributed by atoms with Crippen molar-refractivity contribution in [1.29, 1.82) is 0 Å². The number of phenolic OH excluding ortho intramolecular Hbond substituents is 2. The first-order chi connectivity index (χ1) is 17.9. The van der Waals surface area contributed by atoms with Gasteiger partial charge in [0, 0.05) is 20.0 Å². The van der Waals surface area contributed by atoms with Gasteiger partial charge in [0.25, 0.3) is 0 Å². The molecule has 2 aromatic rings. The molecule has 0 saturated carbocycles. The Morgan fingerprint density at radius 3 is 1.07 bits per heavy atom. The fourth-order valence-corrected chi connectivity index (χ4v) is 5.42. The van der Waals surface area contributed by atoms with E-state index in [0.717, 1.165) is 47.9 Å². The second-order valence-corrected chi connectivity index (χ2v) is 15.9. The van der Waals surface area contributed by atoms with Crippen LogP contribution in [0.5, 0.6) is 11.5 Å². The van der Waals surface area contributed by atoms with Gasteiger partial charge >= 0.3 is 0 Å². The molecule has 2 rings (SSSR count). The normalized spacial score (nSPS) is 13.2. The molecule has 0 saturated heterocycles. The molecular weight excluding hydrogens is 494 g/mol. The van der Waals surface area contributed by atoms with Crippen molar-refractivity contribution in [2.45, 2.75) is 143 Å². The van der Waals surface area contributed by atoms with Crippen LogP contribution in [0, 0.1) is 0 Å². The minimum atomic E-state index is -0.177. The van der Waals surface area contributed by atoms with E-state index in [-0.39, 0.29) is 33.6 Å². The molecule has 0 bridgehead atoms. The summed E-state index contributed by atoms with van der Waals surface area (Å²) in [6, 6.07) is 8.69. The first kappa shape index (κ1) is 33.7. The quantitative estimate of drug-likeness (QED) is 0.362. The summed E-state index contributed by atoms with van der Waals surface area (Å²) in [7, 11) is 1.91. The third kappa shape index (κ3) is 8.27. The highest BCUT2D eigenvalue weighted by Crippen LogP contribution is 2.41. The number of carbonyl (C=O) groups is 1. The molecule has 0 aliphatic carbocycles. The van der Waals surface area contributed by atoms with Crippen molar-refractivity contribution in [1.82, 2.24) is 4.90 Å². The zero-order valence-electron chi connectivity index (χ0n) is 28.0. The molecule has 1 amide bonds. The summed E-state index contributed by atoms with van der Waals surface area (Å²) in [6.07, 6.45) is 3.32. The first-order valence-corrected chi connectivity index (χ1v) is 14.9. The zero-order chi connectivity index (χ0) is 31.0. The molecular formula is C36H57NO3. The van der Waals surface area contributed by atoms with Gasteiger partial charge in [-0.1, -0.05) is 107 Å². The molecule has 0 aliphatic rings. The second kappa shape index (κ2) is 11.8. The summed E-state index contributed by atoms with van der Waals surface area (Å²) in [5, 5.41) is 22.3. The topological polar surface area (TPSA) is 60.8 Å². The number of phenols is 2. The van der Waals surface area contributed by atoms with E-state index in [4.69, 9.17) is 0 Å². The van der Waals surface area contributed by atoms with Crippen molar-refractivity contribution in [3.8, 4) is 11.5 Å². The Kier molecular flexibility index (Phi) is 9.93. The van der Waals surface area contributed by atoms with E-state index < -0.39 is 0 Å². The van der Waals surface area contributed by atoms with Crippen LogP contribution in [0.3, 0.4) is 0 Å². The summed E-state index contributed by atoms with van der Waals surface area (Å²) in [6.45, 7) is 27.3. The highest BCUT2D eigenvalue weighted by atomic mass is 16.3. The Labute approximate surface area is 245 Å². The van der Waals surface area contributed by atoms with Crippen LogP contribution in [-0.4, -0.2) is 34.1 Å². The van der Waals surface area contributed by atoms with E-state index in [1.54, 1.807) is 6.92 Å². The minimum Gasteiger partial charge on any atom is -0.507 e. The second-order valence-electron chi connectivity index (χ2n) is 15.9. The lowest BCUT2D eigenvalue weighted by Crippen LogP contribution is -2.36. The number of amides is 1. The smallest absolute Gasteiger partial charge is 0.219 e. The Morgan fingerprint density at radius 1 is 0.625 bits per heavy atom. The third-order valence-corrected chi connectivity index (χ3v) is 8.15. The number of aryl methyl sites for hydroxylation is 2. The molecule has 0 fully saturated rings. The molecule has 2 N–H and O–H groups in total. The first-order valence-electron chi connectivity index (χ1n) is 14.9. The van der Waals surface area contributed by atoms with Gasteiger partial charge in [-0.2, -0.15) is 0 Å². The number of benzene rings is 2. The van der Waals surface area contributed by atoms with Gasteiger partial charge < -0.3 is 15.1 Å². The van der Waals surface area contributed by atoms with Gasteiger partial charge in [0.1, 0.15) is 11.5 Å². The summed E-state index contributed by atoms with van der Waals surface area (Å²) >= 11 is 0. The Hall–Kier alpha value is -2.49. The van der Waals surface area contributed by atoms with Crippen molar-refractivity contribution >= 4 is 5.91 Å². The largest absolute Gasteiger partial charge is 0.507 e. The van der Waals surface area contributed by atoms with Gasteiger partial charge in [-0.15, -0.1) is 0 Å². The number of nitrogens with zero attached hydrogens (tertiary/aromatic N) is 1. The molecule has 40 heavy (non-hydrogen) atoms. The molecule has 0 radical (unpaired) electrons. The molecule has 2 aromatic carbocycles. The van der Waals surface area contributed by atoms with Gasteiger partial charge in [0.05, 0.1) is 0 Å². The molecule has 0 heterocycles. The van der Waals surface area contributed by atoms with Gasteiger partial charge in [0.2, 0.25) is 5.91 Å². The van der Waals surface area contributed by atoms with Gasteiger partial charge in [0.15, 0.2) is 0 Å². The highest BCUT2D eigenvalue weighted by Gasteiger charge is 2.29. The fraction of sp³-hybridized carbons (Fsp3) is 0.639. The number of rotatable bonds is 7. The third-order valence-electron chi connectivity index (χ3n) is 8.15. The van der Waals surface area contributed by atoms with Crippen LogP contribution in [0.1, 0.15) is 136 Å². The van der Waals surface area contributed by atoms with Crippen LogP contribution < -0.4 is 0 Å². The molecule has 0 aliphatic heterocycles. The molecule has 4 nitrogen and oxygen atoms in total. The van der Waals surface area contributed by atoms with Gasteiger partial charge in [-0.05, 0) is 80.7 Å². The van der Waals surface area contributed by atoms with E-state index in [1.807, 2.05) is 11.9 Å². The van der Waals surface area contributed by atoms with Crippen LogP contribution in [0.2, 0.25) is 0 Å². The van der Waals surface area contributed by atoms with Crippen molar-refractivity contribution in [2.75, 3.05) is 7.05 Å². The van der Waals surface area contributed by atoms with Crippen LogP contribution in [0.4, 0.5) is 0 Å². The number of hydrogen-bond acceptors (Lipinski definition) is 3. The number of aromatic hydroxyl groups is 2. The Morgan fingerprint density at radius 2 is 0.875 bits per heavy atom. The van der Waals surface area contributed by atoms with Crippen molar-refractivity contribution in [3.05, 3.63) is 57.6 Å². The Bertz CT molecular complexity index is 1040. The van der Waals surface area contributed by atoms with E-state index in [9.17, 15) is 15.0 Å². The number of hydrogen-bond donors (Lipinski definition) is 2. The Balaban J connectivity index is 2.43. The lowest BCUT2D eigenvalue weighted by molar-refractivity contribution is -0.129. The summed E-state index contributed by atoms with van der Waals surface area (Å²) in [5.74, 6) is 0.869. The molecule has 0 atom stereocenters. The van der Waals surface area contributed by atoms with Crippen LogP contribution in [-0.2, 0) is 39.3 Å². The number of carbonyl (C=O) groups excluding carboxylic acids is 1. The fourth-order valence-electron chi connectivity index (χ4n) is 5.42. The highest BCUT2D eigenvalue weighted by molar-refractivity contribution is 5.73. The lowest BCUT2D eigenvalue weighted by Gasteiger charge is -2.31. The predicted octanol–water partition coefficient (Wildman–Crippen LogP) is 8.70. The lowest BCUT2D eigenvalue weighted by atomic mass is 9.77. The average Bonchev–Trinajstić information content (AvgIpc) is 2.76. The minimum absolute atomic E-state index is 0.0675. The van der Waals surface area contributed by atoms with Crippen molar-refractivity contribution in [3.63, 3.8) is 0 Å². The van der Waals surface area contributed by atoms with E-state index >= 15 is 0 Å². The monoisotopic (exact) mass is 551 g/mol. The summed E-state index contributed by atoms with van der Waals surface area (Å²) in [4.78, 5) is 14.4. The standard InChI is InChI=1S/C36H57NO3/c1-23(38)37(14)26(17-15-24-19-27(33(2,3)4)31(39)28(20-24)34(5,6)7)18-16-25-21-29(35(8,9)10)32(40)30(22-25)36(11,12)13/h19-22,26,39-40H,15-18H2,1-14H3. The van der Waals surface area contributed by atoms with Crippen molar-refractivity contribution < 1.29 is 15.0 Å². The average molecular weight is 552 g/mol. The predicted molar refractivity (Wildman–Crippen MR) is 170 cm³/mol. The van der Waals surface area contributed by atoms with E-state index in [2.05, 4.69) is 107 Å². The SMILES string of the molecule is CC(=O)N(C)C(CCc1cc(C(C)(C)C)c(O)c(C(C)(C)C)c1)CCc1cc(C(C)(C)C)c(O)c(C(C)(C)C)c1. The summed E-state index contributed by atoms with van der Waals surface area (Å²) in [5.41, 5.74) is 5.58. The molecule has 4 heteroatoms. The van der Waals surface area contributed by atoms with Crippen LogP contribution >= 0.6 is 0 Å². The zero-order valence-corrected chi connectivity index (χ0v) is 28.0. The van der Waals surface area contributed by atoms with Crippen LogP contribution in [0.15, 0.2) is 24.3 Å². The molecule has 224 valence electrons. The molecule has 0 unspecified atom stereocenters. The van der Waals surface area contributed by atoms with Crippen molar-refractivity contribution in [2.24, 2.45) is 0 Å². The van der Waals surface area contributed by atoms with Crippen LogP contribution in [0.25, 0.3) is 0 Å². The molecule has 0 aromatic heterocycles. The molecule has 0 spiro atoms. The van der Waals surface area contributed by atoms with E-state index in [1.165, 1.54) is 11.1 Å². The summed E-state index contributed by atoms with van der Waals surface area (Å²) < 4.78 is 0. The maximum absolute atomic E-state index is 12.5. The van der Waals surface area contributed by atoms with Gasteiger partial charge in [-0.3, -0.25) is 4.79 Å². The van der Waals surface area contributed by atoms with E-state index in [0.29, 0.717) is 11.5 Å². The van der Waals surface area contributed by atoms with Gasteiger partial charge in [-0.25, -0.2) is 0 Å². The maximum Gasteiger partial charge on any atom is 0.219 e. The maximum atomic E-state index is 12.5.